The van der Waals surface area contributed by atoms with Crippen LogP contribution in [0, 0.1) is 0 Å². The maximum absolute atomic E-state index is 12.9. The number of hydrogen-bond acceptors (Lipinski definition) is 6. The van der Waals surface area contributed by atoms with E-state index in [2.05, 4.69) is 22.6 Å². The lowest BCUT2D eigenvalue weighted by Gasteiger charge is -2.29. The number of benzene rings is 1. The van der Waals surface area contributed by atoms with Crippen molar-refractivity contribution < 1.29 is 19.1 Å². The van der Waals surface area contributed by atoms with Gasteiger partial charge in [-0.2, -0.15) is 0 Å². The maximum Gasteiger partial charge on any atom is 0.255 e. The number of nitrogens with zero attached hydrogens (tertiary/aromatic N) is 2. The fraction of sp³-hybridized carbons (Fsp3) is 0.550. The van der Waals surface area contributed by atoms with E-state index < -0.39 is 6.04 Å². The molecule has 0 aromatic heterocycles. The summed E-state index contributed by atoms with van der Waals surface area (Å²) < 4.78 is 5.63. The van der Waals surface area contributed by atoms with E-state index in [4.69, 9.17) is 4.74 Å². The van der Waals surface area contributed by atoms with Crippen molar-refractivity contribution in [1.29, 1.82) is 0 Å². The molecule has 4 rings (SSSR count). The van der Waals surface area contributed by atoms with E-state index in [1.54, 1.807) is 4.90 Å². The number of likely N-dealkylation sites (N-methyl/N-ethyl adjacent to an activating group) is 1. The summed E-state index contributed by atoms with van der Waals surface area (Å²) in [5.74, 6) is -0.778. The predicted octanol–water partition coefficient (Wildman–Crippen LogP) is -0.132. The van der Waals surface area contributed by atoms with Gasteiger partial charge in [0, 0.05) is 44.2 Å². The third-order valence-electron chi connectivity index (χ3n) is 5.76. The van der Waals surface area contributed by atoms with Gasteiger partial charge in [-0.1, -0.05) is 12.1 Å². The number of fused-ring (bicyclic) bond motifs is 1. The Labute approximate surface area is 164 Å². The van der Waals surface area contributed by atoms with Gasteiger partial charge in [0.2, 0.25) is 11.8 Å². The standard InChI is InChI=1S/C20H26N4O4/c1-23(15-9-21-6-7-28-12-15)10-13-2-3-14-11-24(20(27)16(14)8-13)17-4-5-18(25)22-19(17)26/h2-3,8,15,17,21H,4-7,9-12H2,1H3,(H,22,25,26). The molecule has 0 bridgehead atoms. The van der Waals surface area contributed by atoms with Crippen LogP contribution >= 0.6 is 0 Å². The van der Waals surface area contributed by atoms with Crippen molar-refractivity contribution in [1.82, 2.24) is 20.4 Å². The fourth-order valence-electron chi connectivity index (χ4n) is 4.09. The van der Waals surface area contributed by atoms with Crippen LogP contribution in [0.25, 0.3) is 0 Å². The normalized spacial score (nSPS) is 25.6. The zero-order valence-corrected chi connectivity index (χ0v) is 16.1. The Bertz CT molecular complexity index is 788. The van der Waals surface area contributed by atoms with Gasteiger partial charge in [-0.25, -0.2) is 0 Å². The first-order chi connectivity index (χ1) is 13.5. The van der Waals surface area contributed by atoms with Gasteiger partial charge in [0.05, 0.1) is 13.2 Å². The van der Waals surface area contributed by atoms with E-state index in [1.807, 2.05) is 18.2 Å². The minimum absolute atomic E-state index is 0.131. The molecular formula is C20H26N4O4. The molecule has 3 heterocycles. The molecule has 0 radical (unpaired) electrons. The van der Waals surface area contributed by atoms with E-state index in [-0.39, 0.29) is 30.2 Å². The molecule has 2 saturated heterocycles. The van der Waals surface area contributed by atoms with Gasteiger partial charge in [0.25, 0.3) is 5.91 Å². The quantitative estimate of drug-likeness (QED) is 0.701. The summed E-state index contributed by atoms with van der Waals surface area (Å²) in [6.45, 7) is 4.30. The lowest BCUT2D eigenvalue weighted by molar-refractivity contribution is -0.136. The molecule has 3 amide bonds. The Morgan fingerprint density at radius 3 is 2.96 bits per heavy atom. The van der Waals surface area contributed by atoms with Crippen molar-refractivity contribution in [2.45, 2.75) is 38.0 Å². The zero-order chi connectivity index (χ0) is 19.7. The molecule has 3 aliphatic heterocycles. The predicted molar refractivity (Wildman–Crippen MR) is 101 cm³/mol. The lowest BCUT2D eigenvalue weighted by atomic mass is 10.0. The van der Waals surface area contributed by atoms with Crippen LogP contribution in [0.4, 0.5) is 0 Å². The van der Waals surface area contributed by atoms with E-state index >= 15 is 0 Å². The van der Waals surface area contributed by atoms with Crippen LogP contribution in [0.3, 0.4) is 0 Å². The average molecular weight is 386 g/mol. The highest BCUT2D eigenvalue weighted by Gasteiger charge is 2.39. The number of carbonyl (C=O) groups is 3. The number of rotatable bonds is 4. The van der Waals surface area contributed by atoms with Crippen molar-refractivity contribution in [3.8, 4) is 0 Å². The third-order valence-corrected chi connectivity index (χ3v) is 5.76. The average Bonchev–Trinajstić information content (AvgIpc) is 2.86. The summed E-state index contributed by atoms with van der Waals surface area (Å²) in [5, 5.41) is 5.71. The highest BCUT2D eigenvalue weighted by molar-refractivity contribution is 6.05. The number of carbonyl (C=O) groups excluding carboxylic acids is 3. The monoisotopic (exact) mass is 386 g/mol. The first-order valence-electron chi connectivity index (χ1n) is 9.78. The van der Waals surface area contributed by atoms with Crippen molar-refractivity contribution in [3.63, 3.8) is 0 Å². The minimum Gasteiger partial charge on any atom is -0.378 e. The number of piperidine rings is 1. The van der Waals surface area contributed by atoms with Crippen molar-refractivity contribution in [2.24, 2.45) is 0 Å². The van der Waals surface area contributed by atoms with Crippen LogP contribution in [0.1, 0.15) is 34.3 Å². The Kier molecular flexibility index (Phi) is 5.43. The molecule has 2 atom stereocenters. The Morgan fingerprint density at radius 2 is 2.14 bits per heavy atom. The van der Waals surface area contributed by atoms with Gasteiger partial charge in [-0.05, 0) is 30.7 Å². The van der Waals surface area contributed by atoms with Gasteiger partial charge in [-0.3, -0.25) is 24.6 Å². The maximum atomic E-state index is 12.9. The molecule has 8 nitrogen and oxygen atoms in total. The molecule has 0 saturated carbocycles. The second kappa shape index (κ2) is 7.98. The summed E-state index contributed by atoms with van der Waals surface area (Å²) in [5.41, 5.74) is 2.65. The van der Waals surface area contributed by atoms with Gasteiger partial charge in [0.15, 0.2) is 0 Å². The summed E-state index contributed by atoms with van der Waals surface area (Å²) >= 11 is 0. The summed E-state index contributed by atoms with van der Waals surface area (Å²) in [6, 6.07) is 5.67. The molecule has 3 aliphatic rings. The summed E-state index contributed by atoms with van der Waals surface area (Å²) in [6.07, 6.45) is 0.652. The topological polar surface area (TPSA) is 91.0 Å². The number of imide groups is 1. The van der Waals surface area contributed by atoms with E-state index in [0.717, 1.165) is 30.8 Å². The van der Waals surface area contributed by atoms with Crippen LogP contribution < -0.4 is 10.6 Å². The summed E-state index contributed by atoms with van der Waals surface area (Å²) in [7, 11) is 2.06. The molecule has 0 spiro atoms. The number of amides is 3. The van der Waals surface area contributed by atoms with Crippen LogP contribution in [-0.2, 0) is 27.4 Å². The molecule has 0 aliphatic carbocycles. The smallest absolute Gasteiger partial charge is 0.255 e. The van der Waals surface area contributed by atoms with Gasteiger partial charge in [0.1, 0.15) is 6.04 Å². The van der Waals surface area contributed by atoms with Crippen LogP contribution in [-0.4, -0.2) is 73.0 Å². The SMILES string of the molecule is CN(Cc1ccc2c(c1)C(=O)N(C1CCC(=O)NC1=O)C2)C1CNCCOC1. The fourth-order valence-corrected chi connectivity index (χ4v) is 4.09. The van der Waals surface area contributed by atoms with E-state index in [0.29, 0.717) is 31.7 Å². The second-order valence-electron chi connectivity index (χ2n) is 7.74. The highest BCUT2D eigenvalue weighted by atomic mass is 16.5. The van der Waals surface area contributed by atoms with Crippen molar-refractivity contribution in [3.05, 3.63) is 34.9 Å². The van der Waals surface area contributed by atoms with E-state index in [1.165, 1.54) is 0 Å². The molecule has 2 unspecified atom stereocenters. The van der Waals surface area contributed by atoms with Gasteiger partial charge < -0.3 is 15.0 Å². The van der Waals surface area contributed by atoms with Crippen molar-refractivity contribution >= 4 is 17.7 Å². The molecule has 1 aromatic carbocycles. The first-order valence-corrected chi connectivity index (χ1v) is 9.78. The second-order valence-corrected chi connectivity index (χ2v) is 7.74. The third kappa shape index (κ3) is 3.80. The molecule has 2 fully saturated rings. The van der Waals surface area contributed by atoms with Crippen molar-refractivity contribution in [2.75, 3.05) is 33.4 Å². The molecule has 1 aromatic rings. The van der Waals surface area contributed by atoms with E-state index in [9.17, 15) is 14.4 Å². The highest BCUT2D eigenvalue weighted by Crippen LogP contribution is 2.28. The van der Waals surface area contributed by atoms with Gasteiger partial charge in [-0.15, -0.1) is 0 Å². The number of nitrogens with one attached hydrogen (secondary N) is 2. The molecule has 2 N–H and O–H groups in total. The van der Waals surface area contributed by atoms with Gasteiger partial charge >= 0.3 is 0 Å². The first kappa shape index (κ1) is 19.0. The largest absolute Gasteiger partial charge is 0.378 e. The molecule has 28 heavy (non-hydrogen) atoms. The zero-order valence-electron chi connectivity index (χ0n) is 16.1. The Morgan fingerprint density at radius 1 is 1.29 bits per heavy atom. The molecular weight excluding hydrogens is 360 g/mol. The van der Waals surface area contributed by atoms with Crippen LogP contribution in [0.5, 0.6) is 0 Å². The Balaban J connectivity index is 1.45. The molecule has 150 valence electrons. The number of hydrogen-bond donors (Lipinski definition) is 2. The lowest BCUT2D eigenvalue weighted by Crippen LogP contribution is -2.52. The Hall–Kier alpha value is -2.29. The minimum atomic E-state index is -0.571. The summed E-state index contributed by atoms with van der Waals surface area (Å²) in [4.78, 5) is 40.3. The van der Waals surface area contributed by atoms with Crippen LogP contribution in [0.15, 0.2) is 18.2 Å². The molecule has 8 heteroatoms. The van der Waals surface area contributed by atoms with Crippen LogP contribution in [0.2, 0.25) is 0 Å². The number of ether oxygens (including phenoxy) is 1.